The molecule has 1 aliphatic rings. The maximum Gasteiger partial charge on any atom is 0.217 e. The van der Waals surface area contributed by atoms with Gasteiger partial charge in [-0.25, -0.2) is 0 Å². The lowest BCUT2D eigenvalue weighted by Crippen LogP contribution is -2.68. The van der Waals surface area contributed by atoms with Gasteiger partial charge >= 0.3 is 0 Å². The molecule has 1 heterocycles. The smallest absolute Gasteiger partial charge is 0.217 e. The van der Waals surface area contributed by atoms with Crippen molar-refractivity contribution in [1.29, 1.82) is 0 Å². The number of benzene rings is 1. The molecule has 1 unspecified atom stereocenters. The Balaban J connectivity index is 2.45. The van der Waals surface area contributed by atoms with Gasteiger partial charge in [0.2, 0.25) is 11.7 Å². The maximum atomic E-state index is 11.4. The molecule has 2 rings (SSSR count). The first-order valence-electron chi connectivity index (χ1n) is 7.03. The normalized spacial score (nSPS) is 34.0. The fourth-order valence-corrected chi connectivity index (χ4v) is 2.62. The highest BCUT2D eigenvalue weighted by atomic mass is 16.6. The molecule has 0 saturated carbocycles. The van der Waals surface area contributed by atoms with E-state index in [1.54, 1.807) is 0 Å². The van der Waals surface area contributed by atoms with Gasteiger partial charge in [-0.2, -0.15) is 0 Å². The molecule has 1 fully saturated rings. The molecule has 1 aromatic rings. The number of rotatable bonds is 4. The molecule has 1 amide bonds. The molecule has 1 saturated heterocycles. The predicted octanol–water partition coefficient (Wildman–Crippen LogP) is -1.74. The van der Waals surface area contributed by atoms with Crippen LogP contribution in [-0.2, 0) is 15.3 Å². The van der Waals surface area contributed by atoms with Crippen LogP contribution in [0.4, 0.5) is 0 Å². The first-order chi connectivity index (χ1) is 10.8. The quantitative estimate of drug-likeness (QED) is 0.415. The summed E-state index contributed by atoms with van der Waals surface area (Å²) in [5, 5.41) is 42.7. The van der Waals surface area contributed by atoms with Crippen LogP contribution in [-0.4, -0.2) is 63.6 Å². The highest BCUT2D eigenvalue weighted by Gasteiger charge is 2.54. The van der Waals surface area contributed by atoms with Crippen molar-refractivity contribution in [2.75, 3.05) is 6.61 Å². The molecule has 8 nitrogen and oxygen atoms in total. The number of ether oxygens (including phenoxy) is 1. The summed E-state index contributed by atoms with van der Waals surface area (Å²) >= 11 is 0. The number of carbonyl (C=O) groups is 2. The maximum absolute atomic E-state index is 11.4. The zero-order chi connectivity index (χ0) is 17.2. The average molecular weight is 325 g/mol. The molecule has 1 aliphatic heterocycles. The van der Waals surface area contributed by atoms with Crippen molar-refractivity contribution in [1.82, 2.24) is 5.32 Å². The molecule has 23 heavy (non-hydrogen) atoms. The van der Waals surface area contributed by atoms with Crippen molar-refractivity contribution in [3.05, 3.63) is 35.4 Å². The predicted molar refractivity (Wildman–Crippen MR) is 77.3 cm³/mol. The fraction of sp³-hybridized carbons (Fsp3) is 0.467. The number of aldehydes is 1. The van der Waals surface area contributed by atoms with E-state index in [4.69, 9.17) is 4.74 Å². The summed E-state index contributed by atoms with van der Waals surface area (Å²) in [5.41, 5.74) is 0.523. The van der Waals surface area contributed by atoms with Gasteiger partial charge in [-0.15, -0.1) is 0 Å². The van der Waals surface area contributed by atoms with Crippen molar-refractivity contribution < 1.29 is 34.8 Å². The molecule has 126 valence electrons. The minimum absolute atomic E-state index is 0.159. The number of hydrogen-bond acceptors (Lipinski definition) is 7. The van der Waals surface area contributed by atoms with E-state index in [0.717, 1.165) is 0 Å². The average Bonchev–Trinajstić information content (AvgIpc) is 2.55. The minimum atomic E-state index is -2.18. The van der Waals surface area contributed by atoms with Crippen LogP contribution in [0.2, 0.25) is 0 Å². The molecule has 5 atom stereocenters. The van der Waals surface area contributed by atoms with Gasteiger partial charge in [0.1, 0.15) is 30.6 Å². The molecule has 0 aliphatic carbocycles. The molecule has 0 bridgehead atoms. The standard InChI is InChI=1S/C15H19NO7/c1-8(19)16-14-13(21)12(20)11(7-18)23-15(14,22)10-4-2-9(6-17)3-5-10/h2-6,11-14,18,20-22H,7H2,1H3,(H,16,19)/t11-,12-,13+,14-,15?/m1/s1. The van der Waals surface area contributed by atoms with Gasteiger partial charge < -0.3 is 30.5 Å². The summed E-state index contributed by atoms with van der Waals surface area (Å²) in [5.74, 6) is -2.73. The van der Waals surface area contributed by atoms with Crippen LogP contribution in [0.1, 0.15) is 22.8 Å². The highest BCUT2D eigenvalue weighted by Crippen LogP contribution is 2.36. The summed E-state index contributed by atoms with van der Waals surface area (Å²) < 4.78 is 5.37. The molecular formula is C15H19NO7. The van der Waals surface area contributed by atoms with Crippen molar-refractivity contribution in [2.24, 2.45) is 0 Å². The summed E-state index contributed by atoms with van der Waals surface area (Å²) in [6.07, 6.45) is -3.69. The SMILES string of the molecule is CC(=O)N[C@@H]1[C@@H](O)[C@H](O)[C@@H](CO)OC1(O)c1ccc(C=O)cc1. The monoisotopic (exact) mass is 325 g/mol. The van der Waals surface area contributed by atoms with Crippen LogP contribution in [0.5, 0.6) is 0 Å². The van der Waals surface area contributed by atoms with Crippen molar-refractivity contribution in [3.63, 3.8) is 0 Å². The topological polar surface area (TPSA) is 136 Å². The lowest BCUT2D eigenvalue weighted by molar-refractivity contribution is -0.326. The summed E-state index contributed by atoms with van der Waals surface area (Å²) in [7, 11) is 0. The van der Waals surface area contributed by atoms with Crippen LogP contribution in [0.25, 0.3) is 0 Å². The Morgan fingerprint density at radius 3 is 2.39 bits per heavy atom. The van der Waals surface area contributed by atoms with Crippen molar-refractivity contribution in [3.8, 4) is 0 Å². The third-order valence-corrected chi connectivity index (χ3v) is 3.82. The third kappa shape index (κ3) is 3.26. The van der Waals surface area contributed by atoms with Crippen molar-refractivity contribution >= 4 is 12.2 Å². The zero-order valence-corrected chi connectivity index (χ0v) is 12.4. The van der Waals surface area contributed by atoms with Crippen LogP contribution in [0, 0.1) is 0 Å². The van der Waals surface area contributed by atoms with Gasteiger partial charge in [-0.3, -0.25) is 9.59 Å². The Bertz CT molecular complexity index is 576. The van der Waals surface area contributed by atoms with Crippen LogP contribution >= 0.6 is 0 Å². The number of nitrogens with one attached hydrogen (secondary N) is 1. The Labute approximate surface area is 132 Å². The molecule has 0 radical (unpaired) electrons. The van der Waals surface area contributed by atoms with Gasteiger partial charge in [-0.05, 0) is 0 Å². The first-order valence-corrected chi connectivity index (χ1v) is 7.03. The van der Waals surface area contributed by atoms with E-state index in [1.807, 2.05) is 0 Å². The Hall–Kier alpha value is -1.84. The van der Waals surface area contributed by atoms with Gasteiger partial charge in [-0.1, -0.05) is 24.3 Å². The first kappa shape index (κ1) is 17.5. The molecule has 8 heteroatoms. The summed E-state index contributed by atoms with van der Waals surface area (Å²) in [4.78, 5) is 22.1. The number of hydrogen-bond donors (Lipinski definition) is 5. The lowest BCUT2D eigenvalue weighted by Gasteiger charge is -2.47. The molecule has 0 aromatic heterocycles. The lowest BCUT2D eigenvalue weighted by atomic mass is 9.85. The molecule has 5 N–H and O–H groups in total. The van der Waals surface area contributed by atoms with Crippen LogP contribution < -0.4 is 5.32 Å². The number of amides is 1. The van der Waals surface area contributed by atoms with Gasteiger partial charge in [0.05, 0.1) is 6.61 Å². The van der Waals surface area contributed by atoms with Crippen molar-refractivity contribution in [2.45, 2.75) is 37.1 Å². The van der Waals surface area contributed by atoms with Gasteiger partial charge in [0.25, 0.3) is 0 Å². The Morgan fingerprint density at radius 2 is 1.91 bits per heavy atom. The minimum Gasteiger partial charge on any atom is -0.394 e. The van der Waals surface area contributed by atoms with Crippen LogP contribution in [0.15, 0.2) is 24.3 Å². The van der Waals surface area contributed by atoms with E-state index < -0.39 is 42.7 Å². The van der Waals surface area contributed by atoms with E-state index in [1.165, 1.54) is 31.2 Å². The van der Waals surface area contributed by atoms with E-state index >= 15 is 0 Å². The molecule has 1 aromatic carbocycles. The number of aliphatic hydroxyl groups is 4. The molecule has 0 spiro atoms. The largest absolute Gasteiger partial charge is 0.394 e. The second-order valence-corrected chi connectivity index (χ2v) is 5.43. The van der Waals surface area contributed by atoms with Crippen LogP contribution in [0.3, 0.4) is 0 Å². The Kier molecular flexibility index (Phi) is 5.12. The third-order valence-electron chi connectivity index (χ3n) is 3.82. The number of aliphatic hydroxyl groups excluding tert-OH is 3. The Morgan fingerprint density at radius 1 is 1.30 bits per heavy atom. The van der Waals surface area contributed by atoms with Gasteiger partial charge in [0, 0.05) is 18.1 Å². The molecular weight excluding hydrogens is 306 g/mol. The summed E-state index contributed by atoms with van der Waals surface area (Å²) in [6, 6.07) is 4.30. The van der Waals surface area contributed by atoms with E-state index in [9.17, 15) is 30.0 Å². The van der Waals surface area contributed by atoms with E-state index in [2.05, 4.69) is 5.32 Å². The van der Waals surface area contributed by atoms with Gasteiger partial charge in [0.15, 0.2) is 0 Å². The number of carbonyl (C=O) groups excluding carboxylic acids is 2. The second-order valence-electron chi connectivity index (χ2n) is 5.43. The van der Waals surface area contributed by atoms with E-state index in [-0.39, 0.29) is 5.56 Å². The summed E-state index contributed by atoms with van der Waals surface area (Å²) in [6.45, 7) is 0.549. The van der Waals surface area contributed by atoms with E-state index in [0.29, 0.717) is 11.8 Å². The fourth-order valence-electron chi connectivity index (χ4n) is 2.62. The second kappa shape index (κ2) is 6.73. The zero-order valence-electron chi connectivity index (χ0n) is 12.4. The highest BCUT2D eigenvalue weighted by molar-refractivity contribution is 5.75.